The number of hydrogen-bond donors (Lipinski definition) is 0. The Morgan fingerprint density at radius 3 is 2.36 bits per heavy atom. The van der Waals surface area contributed by atoms with Crippen LogP contribution in [0, 0.1) is 0 Å². The Morgan fingerprint density at radius 1 is 1.00 bits per heavy atom. The molecule has 146 valence electrons. The van der Waals surface area contributed by atoms with Crippen molar-refractivity contribution in [2.45, 2.75) is 27.2 Å². The topological polar surface area (TPSA) is 59.8 Å². The minimum Gasteiger partial charge on any atom is -0.462 e. The number of anilines is 1. The van der Waals surface area contributed by atoms with Crippen LogP contribution < -0.4 is 10.5 Å². The summed E-state index contributed by atoms with van der Waals surface area (Å²) >= 11 is 0. The molecule has 0 N–H and O–H groups in total. The van der Waals surface area contributed by atoms with Gasteiger partial charge in [0.05, 0.1) is 17.7 Å². The number of rotatable bonds is 7. The Bertz CT molecular complexity index is 1020. The Hall–Kier alpha value is -3.08. The van der Waals surface area contributed by atoms with Crippen LogP contribution in [0.1, 0.15) is 37.6 Å². The summed E-state index contributed by atoms with van der Waals surface area (Å²) in [4.78, 5) is 26.7. The van der Waals surface area contributed by atoms with Gasteiger partial charge in [0, 0.05) is 30.2 Å². The predicted octanol–water partition coefficient (Wildman–Crippen LogP) is 4.87. The molecule has 0 unspecified atom stereocenters. The number of carbonyl (C=O) groups is 1. The summed E-state index contributed by atoms with van der Waals surface area (Å²) in [5.41, 5.74) is 2.84. The Labute approximate surface area is 164 Å². The van der Waals surface area contributed by atoms with E-state index in [1.54, 1.807) is 24.3 Å². The third kappa shape index (κ3) is 4.09. The van der Waals surface area contributed by atoms with Crippen LogP contribution in [0.25, 0.3) is 22.1 Å². The fourth-order valence-electron chi connectivity index (χ4n) is 3.15. The van der Waals surface area contributed by atoms with Gasteiger partial charge in [-0.1, -0.05) is 19.1 Å². The maximum atomic E-state index is 12.5. The molecule has 1 aromatic heterocycles. The van der Waals surface area contributed by atoms with E-state index >= 15 is 0 Å². The lowest BCUT2D eigenvalue weighted by Gasteiger charge is -2.21. The molecule has 0 radical (unpaired) electrons. The van der Waals surface area contributed by atoms with Gasteiger partial charge >= 0.3 is 11.6 Å². The summed E-state index contributed by atoms with van der Waals surface area (Å²) in [5, 5.41) is 0.858. The maximum absolute atomic E-state index is 12.5. The minimum atomic E-state index is -0.398. The second kappa shape index (κ2) is 8.74. The number of fused-ring (bicyclic) bond motifs is 1. The summed E-state index contributed by atoms with van der Waals surface area (Å²) < 4.78 is 10.7. The van der Waals surface area contributed by atoms with Crippen LogP contribution in [0.3, 0.4) is 0 Å². The summed E-state index contributed by atoms with van der Waals surface area (Å²) in [6.45, 7) is 8.29. The van der Waals surface area contributed by atoms with Gasteiger partial charge < -0.3 is 14.1 Å². The molecular weight excluding hydrogens is 354 g/mol. The number of carbonyl (C=O) groups excluding carboxylic acids is 1. The second-order valence-corrected chi connectivity index (χ2v) is 6.56. The van der Waals surface area contributed by atoms with E-state index < -0.39 is 5.63 Å². The minimum absolute atomic E-state index is 0.358. The molecular formula is C23H25NO4. The molecule has 0 amide bonds. The van der Waals surface area contributed by atoms with E-state index in [4.69, 9.17) is 9.15 Å². The van der Waals surface area contributed by atoms with Crippen molar-refractivity contribution in [3.05, 3.63) is 64.5 Å². The highest BCUT2D eigenvalue weighted by molar-refractivity contribution is 5.90. The highest BCUT2D eigenvalue weighted by atomic mass is 16.5. The van der Waals surface area contributed by atoms with Crippen molar-refractivity contribution in [3.8, 4) is 11.1 Å². The summed E-state index contributed by atoms with van der Waals surface area (Å²) in [6.07, 6.45) is 0.776. The first-order chi connectivity index (χ1) is 13.6. The Balaban J connectivity index is 1.93. The van der Waals surface area contributed by atoms with Crippen molar-refractivity contribution in [3.63, 3.8) is 0 Å². The molecule has 0 saturated carbocycles. The van der Waals surface area contributed by atoms with Crippen molar-refractivity contribution in [1.29, 1.82) is 0 Å². The van der Waals surface area contributed by atoms with E-state index in [0.717, 1.165) is 30.6 Å². The Kier molecular flexibility index (Phi) is 6.14. The normalized spacial score (nSPS) is 10.8. The molecule has 28 heavy (non-hydrogen) atoms. The van der Waals surface area contributed by atoms with Crippen LogP contribution in [-0.2, 0) is 4.74 Å². The van der Waals surface area contributed by atoms with Gasteiger partial charge in [-0.2, -0.15) is 0 Å². The molecule has 0 fully saturated rings. The highest BCUT2D eigenvalue weighted by Crippen LogP contribution is 2.25. The van der Waals surface area contributed by atoms with E-state index in [0.29, 0.717) is 28.9 Å². The molecule has 0 atom stereocenters. The standard InChI is InChI=1S/C23H25NO4/c1-4-13-27-22(25)17-9-7-16(8-10-17)20-14-18-11-12-19(24(5-2)6-3)15-21(18)28-23(20)26/h7-12,14-15H,4-6,13H2,1-3H3. The molecule has 3 rings (SSSR count). The Morgan fingerprint density at radius 2 is 1.71 bits per heavy atom. The molecule has 5 nitrogen and oxygen atoms in total. The zero-order chi connectivity index (χ0) is 20.1. The molecule has 0 saturated heterocycles. The summed E-state index contributed by atoms with van der Waals surface area (Å²) in [6, 6.07) is 14.5. The van der Waals surface area contributed by atoms with Gasteiger partial charge in [-0.25, -0.2) is 9.59 Å². The fourth-order valence-corrected chi connectivity index (χ4v) is 3.15. The number of benzene rings is 2. The molecule has 0 bridgehead atoms. The van der Waals surface area contributed by atoms with Crippen LogP contribution >= 0.6 is 0 Å². The SMILES string of the molecule is CCCOC(=O)c1ccc(-c2cc3ccc(N(CC)CC)cc3oc2=O)cc1. The highest BCUT2D eigenvalue weighted by Gasteiger charge is 2.12. The molecule has 0 aliphatic carbocycles. The number of esters is 1. The number of ether oxygens (including phenoxy) is 1. The first kappa shape index (κ1) is 19.7. The smallest absolute Gasteiger partial charge is 0.344 e. The lowest BCUT2D eigenvalue weighted by molar-refractivity contribution is 0.0505. The number of nitrogens with zero attached hydrogens (tertiary/aromatic N) is 1. The van der Waals surface area contributed by atoms with Crippen LogP contribution in [0.5, 0.6) is 0 Å². The van der Waals surface area contributed by atoms with Crippen molar-refractivity contribution >= 4 is 22.6 Å². The average Bonchev–Trinajstić information content (AvgIpc) is 2.72. The lowest BCUT2D eigenvalue weighted by Crippen LogP contribution is -2.21. The van der Waals surface area contributed by atoms with Gasteiger partial charge in [-0.05, 0) is 56.2 Å². The van der Waals surface area contributed by atoms with Gasteiger partial charge in [0.15, 0.2) is 0 Å². The van der Waals surface area contributed by atoms with Gasteiger partial charge in [0.2, 0.25) is 0 Å². The first-order valence-electron chi connectivity index (χ1n) is 9.67. The fraction of sp³-hybridized carbons (Fsp3) is 0.304. The van der Waals surface area contributed by atoms with Gasteiger partial charge in [0.1, 0.15) is 5.58 Å². The third-order valence-corrected chi connectivity index (χ3v) is 4.72. The number of hydrogen-bond acceptors (Lipinski definition) is 5. The van der Waals surface area contributed by atoms with E-state index in [9.17, 15) is 9.59 Å². The van der Waals surface area contributed by atoms with E-state index in [1.165, 1.54) is 0 Å². The van der Waals surface area contributed by atoms with Crippen molar-refractivity contribution < 1.29 is 13.9 Å². The molecule has 2 aromatic carbocycles. The molecule has 5 heteroatoms. The largest absolute Gasteiger partial charge is 0.462 e. The van der Waals surface area contributed by atoms with Crippen molar-refractivity contribution in [2.75, 3.05) is 24.6 Å². The molecule has 3 aromatic rings. The summed E-state index contributed by atoms with van der Waals surface area (Å²) in [5.74, 6) is -0.358. The van der Waals surface area contributed by atoms with E-state index in [1.807, 2.05) is 31.2 Å². The van der Waals surface area contributed by atoms with E-state index in [-0.39, 0.29) is 5.97 Å². The lowest BCUT2D eigenvalue weighted by atomic mass is 10.0. The summed E-state index contributed by atoms with van der Waals surface area (Å²) in [7, 11) is 0. The van der Waals surface area contributed by atoms with Crippen molar-refractivity contribution in [1.82, 2.24) is 0 Å². The molecule has 1 heterocycles. The zero-order valence-electron chi connectivity index (χ0n) is 16.5. The predicted molar refractivity (Wildman–Crippen MR) is 112 cm³/mol. The zero-order valence-corrected chi connectivity index (χ0v) is 16.5. The van der Waals surface area contributed by atoms with Gasteiger partial charge in [-0.15, -0.1) is 0 Å². The third-order valence-electron chi connectivity index (χ3n) is 4.72. The van der Waals surface area contributed by atoms with Gasteiger partial charge in [-0.3, -0.25) is 0 Å². The van der Waals surface area contributed by atoms with Crippen LogP contribution in [0.2, 0.25) is 0 Å². The molecule has 0 spiro atoms. The quantitative estimate of drug-likeness (QED) is 0.433. The monoisotopic (exact) mass is 379 g/mol. The maximum Gasteiger partial charge on any atom is 0.344 e. The van der Waals surface area contributed by atoms with Crippen LogP contribution in [0.4, 0.5) is 5.69 Å². The van der Waals surface area contributed by atoms with Crippen molar-refractivity contribution in [2.24, 2.45) is 0 Å². The average molecular weight is 379 g/mol. The second-order valence-electron chi connectivity index (χ2n) is 6.56. The molecule has 0 aliphatic rings. The van der Waals surface area contributed by atoms with E-state index in [2.05, 4.69) is 18.7 Å². The molecule has 0 aliphatic heterocycles. The van der Waals surface area contributed by atoms with Gasteiger partial charge in [0.25, 0.3) is 0 Å². The van der Waals surface area contributed by atoms with Crippen LogP contribution in [-0.4, -0.2) is 25.7 Å². The first-order valence-corrected chi connectivity index (χ1v) is 9.67. The van der Waals surface area contributed by atoms with Crippen LogP contribution in [0.15, 0.2) is 57.7 Å².